The molecule has 0 aliphatic rings. The summed E-state index contributed by atoms with van der Waals surface area (Å²) in [5.41, 5.74) is 15.1. The molecule has 0 radical (unpaired) electrons. The first kappa shape index (κ1) is 17.3. The van der Waals surface area contributed by atoms with Crippen LogP contribution in [0.25, 0.3) is 0 Å². The second kappa shape index (κ2) is 9.19. The van der Waals surface area contributed by atoms with E-state index in [1.54, 1.807) is 0 Å². The molecule has 0 rings (SSSR count). The van der Waals surface area contributed by atoms with Gasteiger partial charge in [0.05, 0.1) is 24.8 Å². The van der Waals surface area contributed by atoms with Gasteiger partial charge in [0.2, 0.25) is 0 Å². The summed E-state index contributed by atoms with van der Waals surface area (Å²) in [5.74, 6) is -0.963. The highest BCUT2D eigenvalue weighted by Crippen LogP contribution is 1.91. The van der Waals surface area contributed by atoms with Crippen LogP contribution in [0, 0.1) is 0 Å². The predicted octanol–water partition coefficient (Wildman–Crippen LogP) is -3.39. The topological polar surface area (TPSA) is 173 Å². The third kappa shape index (κ3) is 8.26. The van der Waals surface area contributed by atoms with E-state index in [2.05, 4.69) is 0 Å². The average molecular weight is 237 g/mol. The van der Waals surface area contributed by atoms with Crippen molar-refractivity contribution in [3.05, 3.63) is 0 Å². The molecule has 4 unspecified atom stereocenters. The number of rotatable bonds is 5. The molecule has 96 valence electrons. The molecule has 0 aromatic heterocycles. The number of carboxylic acid groups (broad SMARTS) is 1. The molecule has 0 saturated heterocycles. The zero-order valence-corrected chi connectivity index (χ0v) is 8.98. The summed E-state index contributed by atoms with van der Waals surface area (Å²) in [4.78, 5) is 19.5. The summed E-state index contributed by atoms with van der Waals surface area (Å²) >= 11 is 0. The van der Waals surface area contributed by atoms with Crippen molar-refractivity contribution in [3.8, 4) is 0 Å². The van der Waals surface area contributed by atoms with E-state index in [1.165, 1.54) is 6.92 Å². The smallest absolute Gasteiger partial charge is 0.320 e. The van der Waals surface area contributed by atoms with Crippen LogP contribution in [0.4, 0.5) is 0 Å². The summed E-state index contributed by atoms with van der Waals surface area (Å²) in [5, 5.41) is 25.2. The van der Waals surface area contributed by atoms with Gasteiger partial charge in [-0.2, -0.15) is 0 Å². The van der Waals surface area contributed by atoms with E-state index in [0.717, 1.165) is 0 Å². The lowest BCUT2D eigenvalue weighted by Crippen LogP contribution is -2.49. The number of hydrogen-bond acceptors (Lipinski definition) is 7. The highest BCUT2D eigenvalue weighted by Gasteiger charge is 2.20. The van der Waals surface area contributed by atoms with E-state index in [1.807, 2.05) is 0 Å². The van der Waals surface area contributed by atoms with Gasteiger partial charge in [-0.1, -0.05) is 0 Å². The number of aldehydes is 1. The number of hydrogen-bond donors (Lipinski definition) is 6. The molecule has 0 fully saturated rings. The maximum Gasteiger partial charge on any atom is 0.320 e. The average Bonchev–Trinajstić information content (AvgIpc) is 2.26. The predicted molar refractivity (Wildman–Crippen MR) is 56.4 cm³/mol. The van der Waals surface area contributed by atoms with Crippen LogP contribution in [0.5, 0.6) is 0 Å². The molecule has 0 spiro atoms. The van der Waals surface area contributed by atoms with Crippen molar-refractivity contribution in [1.29, 1.82) is 0 Å². The summed E-state index contributed by atoms with van der Waals surface area (Å²) < 4.78 is 0. The fraction of sp³-hybridized carbons (Fsp3) is 0.750. The summed E-state index contributed by atoms with van der Waals surface area (Å²) in [6.07, 6.45) is -0.775. The van der Waals surface area contributed by atoms with Gasteiger partial charge in [0.1, 0.15) is 12.3 Å². The van der Waals surface area contributed by atoms with Crippen molar-refractivity contribution in [2.75, 3.05) is 6.61 Å². The Hall–Kier alpha value is -1.06. The van der Waals surface area contributed by atoms with Crippen LogP contribution < -0.4 is 17.2 Å². The van der Waals surface area contributed by atoms with Gasteiger partial charge < -0.3 is 37.3 Å². The van der Waals surface area contributed by atoms with E-state index >= 15 is 0 Å². The Labute approximate surface area is 93.0 Å². The van der Waals surface area contributed by atoms with E-state index in [-0.39, 0.29) is 6.61 Å². The highest BCUT2D eigenvalue weighted by atomic mass is 16.4. The summed E-state index contributed by atoms with van der Waals surface area (Å²) in [7, 11) is 0. The van der Waals surface area contributed by atoms with Crippen LogP contribution in [-0.4, -0.2) is 58.4 Å². The third-order valence-corrected chi connectivity index (χ3v) is 1.59. The zero-order valence-electron chi connectivity index (χ0n) is 8.98. The van der Waals surface area contributed by atoms with Crippen molar-refractivity contribution in [2.45, 2.75) is 31.2 Å². The fourth-order valence-corrected chi connectivity index (χ4v) is 0.474. The van der Waals surface area contributed by atoms with Gasteiger partial charge >= 0.3 is 5.97 Å². The van der Waals surface area contributed by atoms with E-state index < -0.39 is 30.2 Å². The Kier molecular flexibility index (Phi) is 9.96. The molecule has 9 N–H and O–H groups in total. The Morgan fingerprint density at radius 1 is 1.38 bits per heavy atom. The van der Waals surface area contributed by atoms with Gasteiger partial charge in [-0.15, -0.1) is 0 Å². The molecule has 0 heterocycles. The van der Waals surface area contributed by atoms with Crippen LogP contribution in [0.1, 0.15) is 6.92 Å². The molecule has 0 aliphatic heterocycles. The van der Waals surface area contributed by atoms with Crippen molar-refractivity contribution in [3.63, 3.8) is 0 Å². The number of aliphatic carboxylic acids is 1. The second-order valence-corrected chi connectivity index (χ2v) is 3.18. The van der Waals surface area contributed by atoms with Crippen LogP contribution in [-0.2, 0) is 9.59 Å². The molecule has 0 aromatic carbocycles. The van der Waals surface area contributed by atoms with Gasteiger partial charge in [0.25, 0.3) is 0 Å². The first-order valence-corrected chi connectivity index (χ1v) is 4.51. The number of nitrogens with two attached hydrogens (primary N) is 3. The highest BCUT2D eigenvalue weighted by molar-refractivity contribution is 5.72. The van der Waals surface area contributed by atoms with E-state index in [9.17, 15) is 9.59 Å². The summed E-state index contributed by atoms with van der Waals surface area (Å²) in [6, 6.07) is -2.59. The minimum atomic E-state index is -1.16. The van der Waals surface area contributed by atoms with Crippen molar-refractivity contribution >= 4 is 12.3 Å². The lowest BCUT2D eigenvalue weighted by molar-refractivity contribution is -0.138. The van der Waals surface area contributed by atoms with Crippen molar-refractivity contribution in [2.24, 2.45) is 17.2 Å². The van der Waals surface area contributed by atoms with Crippen molar-refractivity contribution < 1.29 is 24.9 Å². The second-order valence-electron chi connectivity index (χ2n) is 3.18. The molecule has 4 atom stereocenters. The summed E-state index contributed by atoms with van der Waals surface area (Å²) in [6.45, 7) is 1.03. The molecule has 0 saturated carbocycles. The SMILES string of the molecule is CC(N)C(=O)O.NC(C=O)C(O)C(N)CO. The molecular formula is C8H19N3O5. The maximum absolute atomic E-state index is 9.94. The standard InChI is InChI=1S/C5H12N2O3.C3H7NO2/c6-3(1-8)5(10)4(7)2-9;1-2(4)3(5)6/h1,3-5,9-10H,2,6-7H2;2H,4H2,1H3,(H,5,6). The number of aliphatic hydroxyl groups excluding tert-OH is 2. The molecule has 0 bridgehead atoms. The number of carboxylic acids is 1. The molecular weight excluding hydrogens is 218 g/mol. The Morgan fingerprint density at radius 2 is 1.75 bits per heavy atom. The number of carbonyl (C=O) groups excluding carboxylic acids is 1. The van der Waals surface area contributed by atoms with Gasteiger partial charge in [-0.25, -0.2) is 0 Å². The molecule has 8 nitrogen and oxygen atoms in total. The van der Waals surface area contributed by atoms with Crippen LogP contribution in [0.15, 0.2) is 0 Å². The van der Waals surface area contributed by atoms with Gasteiger partial charge in [-0.05, 0) is 6.92 Å². The largest absolute Gasteiger partial charge is 0.480 e. The lowest BCUT2D eigenvalue weighted by Gasteiger charge is -2.18. The lowest BCUT2D eigenvalue weighted by atomic mass is 10.1. The third-order valence-electron chi connectivity index (χ3n) is 1.59. The van der Waals surface area contributed by atoms with Gasteiger partial charge in [-0.3, -0.25) is 4.79 Å². The first-order valence-electron chi connectivity index (χ1n) is 4.51. The van der Waals surface area contributed by atoms with E-state index in [0.29, 0.717) is 6.29 Å². The molecule has 16 heavy (non-hydrogen) atoms. The molecule has 0 aromatic rings. The number of carbonyl (C=O) groups is 2. The van der Waals surface area contributed by atoms with Gasteiger partial charge in [0, 0.05) is 0 Å². The van der Waals surface area contributed by atoms with Crippen LogP contribution in [0.3, 0.4) is 0 Å². The Morgan fingerprint density at radius 3 is 1.94 bits per heavy atom. The van der Waals surface area contributed by atoms with Crippen LogP contribution >= 0.6 is 0 Å². The molecule has 8 heteroatoms. The van der Waals surface area contributed by atoms with Gasteiger partial charge in [0.15, 0.2) is 0 Å². The minimum absolute atomic E-state index is 0.386. The first-order chi connectivity index (χ1) is 7.27. The molecule has 0 amide bonds. The number of aliphatic hydroxyl groups is 2. The Bertz CT molecular complexity index is 212. The minimum Gasteiger partial charge on any atom is -0.480 e. The maximum atomic E-state index is 9.94. The monoisotopic (exact) mass is 237 g/mol. The van der Waals surface area contributed by atoms with E-state index in [4.69, 9.17) is 32.5 Å². The zero-order chi connectivity index (χ0) is 13.3. The molecule has 0 aliphatic carbocycles. The fourth-order valence-electron chi connectivity index (χ4n) is 0.474. The quantitative estimate of drug-likeness (QED) is 0.268. The van der Waals surface area contributed by atoms with Crippen LogP contribution in [0.2, 0.25) is 0 Å². The van der Waals surface area contributed by atoms with Crippen molar-refractivity contribution in [1.82, 2.24) is 0 Å². The Balaban J connectivity index is 0. The normalized spacial score (nSPS) is 17.4.